The molecular weight excluding hydrogens is 520 g/mol. The van der Waals surface area contributed by atoms with Crippen LogP contribution in [0.15, 0.2) is 88.9 Å². The Morgan fingerprint density at radius 1 is 0.947 bits per heavy atom. The van der Waals surface area contributed by atoms with E-state index in [2.05, 4.69) is 10.5 Å². The van der Waals surface area contributed by atoms with Gasteiger partial charge in [0, 0.05) is 17.0 Å². The summed E-state index contributed by atoms with van der Waals surface area (Å²) in [7, 11) is -4.00. The molecule has 0 spiro atoms. The Morgan fingerprint density at radius 2 is 1.58 bits per heavy atom. The van der Waals surface area contributed by atoms with Crippen molar-refractivity contribution in [2.75, 3.05) is 10.8 Å². The van der Waals surface area contributed by atoms with Crippen LogP contribution in [-0.4, -0.2) is 31.7 Å². The molecule has 0 fully saturated rings. The van der Waals surface area contributed by atoms with Crippen molar-refractivity contribution in [2.24, 2.45) is 5.10 Å². The molecule has 38 heavy (non-hydrogen) atoms. The second kappa shape index (κ2) is 11.2. The highest BCUT2D eigenvalue weighted by Crippen LogP contribution is 2.27. The van der Waals surface area contributed by atoms with Crippen LogP contribution in [0.4, 0.5) is 5.69 Å². The fourth-order valence-electron chi connectivity index (χ4n) is 4.39. The normalized spacial score (nSPS) is 11.6. The smallest absolute Gasteiger partial charge is 0.264 e. The van der Waals surface area contributed by atoms with Gasteiger partial charge >= 0.3 is 0 Å². The minimum absolute atomic E-state index is 0.0995. The van der Waals surface area contributed by atoms with Crippen LogP contribution in [0.5, 0.6) is 0 Å². The molecule has 0 saturated carbocycles. The van der Waals surface area contributed by atoms with Crippen LogP contribution in [0, 0.1) is 27.7 Å². The molecule has 0 radical (unpaired) electrons. The lowest BCUT2D eigenvalue weighted by molar-refractivity contribution is -0.119. The van der Waals surface area contributed by atoms with Crippen molar-refractivity contribution in [1.29, 1.82) is 0 Å². The number of nitrogens with one attached hydrogen (secondary N) is 1. The fourth-order valence-corrected chi connectivity index (χ4v) is 6.04. The molecule has 1 amide bonds. The molecular formula is C29H29ClN4O3S. The van der Waals surface area contributed by atoms with Crippen molar-refractivity contribution in [3.63, 3.8) is 0 Å². The maximum atomic E-state index is 13.5. The molecule has 0 aliphatic carbocycles. The summed E-state index contributed by atoms with van der Waals surface area (Å²) in [5, 5.41) is 4.74. The van der Waals surface area contributed by atoms with Crippen LogP contribution >= 0.6 is 11.6 Å². The number of anilines is 1. The first-order chi connectivity index (χ1) is 18.1. The summed E-state index contributed by atoms with van der Waals surface area (Å²) in [5.41, 5.74) is 8.17. The van der Waals surface area contributed by atoms with Gasteiger partial charge in [0.1, 0.15) is 6.54 Å². The molecule has 0 atom stereocenters. The Morgan fingerprint density at radius 3 is 2.24 bits per heavy atom. The van der Waals surface area contributed by atoms with Crippen LogP contribution in [0.3, 0.4) is 0 Å². The van der Waals surface area contributed by atoms with E-state index in [1.54, 1.807) is 36.5 Å². The lowest BCUT2D eigenvalue weighted by atomic mass is 10.1. The first-order valence-electron chi connectivity index (χ1n) is 12.0. The molecule has 9 heteroatoms. The highest BCUT2D eigenvalue weighted by molar-refractivity contribution is 7.92. The van der Waals surface area contributed by atoms with Gasteiger partial charge in [-0.15, -0.1) is 0 Å². The highest BCUT2D eigenvalue weighted by Gasteiger charge is 2.27. The molecule has 1 aromatic heterocycles. The van der Waals surface area contributed by atoms with Crippen molar-refractivity contribution in [2.45, 2.75) is 32.6 Å². The fraction of sp³-hybridized carbons (Fsp3) is 0.172. The number of aryl methyl sites for hydroxylation is 3. The predicted octanol–water partition coefficient (Wildman–Crippen LogP) is 5.71. The molecule has 1 N–H and O–H groups in total. The summed E-state index contributed by atoms with van der Waals surface area (Å²) in [6.07, 6.45) is 1.54. The molecule has 4 rings (SSSR count). The molecule has 0 aliphatic heterocycles. The first kappa shape index (κ1) is 27.2. The van der Waals surface area contributed by atoms with Crippen molar-refractivity contribution in [3.05, 3.63) is 112 Å². The molecule has 7 nitrogen and oxygen atoms in total. The van der Waals surface area contributed by atoms with Gasteiger partial charge in [0.2, 0.25) is 0 Å². The summed E-state index contributed by atoms with van der Waals surface area (Å²) in [6, 6.07) is 23.0. The Kier molecular flexibility index (Phi) is 8.04. The topological polar surface area (TPSA) is 83.8 Å². The van der Waals surface area contributed by atoms with E-state index in [1.807, 2.05) is 68.7 Å². The second-order valence-corrected chi connectivity index (χ2v) is 11.3. The quantitative estimate of drug-likeness (QED) is 0.226. The predicted molar refractivity (Wildman–Crippen MR) is 153 cm³/mol. The van der Waals surface area contributed by atoms with Gasteiger partial charge in [0.15, 0.2) is 0 Å². The van der Waals surface area contributed by atoms with E-state index in [1.165, 1.54) is 12.1 Å². The number of aromatic nitrogens is 1. The summed E-state index contributed by atoms with van der Waals surface area (Å²) < 4.78 is 30.2. The third-order valence-electron chi connectivity index (χ3n) is 6.07. The number of rotatable bonds is 8. The third kappa shape index (κ3) is 5.82. The summed E-state index contributed by atoms with van der Waals surface area (Å²) in [6.45, 7) is 7.23. The molecule has 0 aliphatic rings. The monoisotopic (exact) mass is 548 g/mol. The van der Waals surface area contributed by atoms with Crippen molar-refractivity contribution < 1.29 is 13.2 Å². The highest BCUT2D eigenvalue weighted by atomic mass is 35.5. The lowest BCUT2D eigenvalue weighted by Gasteiger charge is -2.24. The zero-order valence-corrected chi connectivity index (χ0v) is 23.2. The Balaban J connectivity index is 1.58. The van der Waals surface area contributed by atoms with Crippen LogP contribution in [0.1, 0.15) is 28.1 Å². The zero-order valence-electron chi connectivity index (χ0n) is 21.6. The average Bonchev–Trinajstić information content (AvgIpc) is 3.15. The summed E-state index contributed by atoms with van der Waals surface area (Å²) in [5.74, 6) is -0.570. The van der Waals surface area contributed by atoms with Crippen LogP contribution in [0.2, 0.25) is 5.02 Å². The van der Waals surface area contributed by atoms with Gasteiger partial charge < -0.3 is 4.57 Å². The Hall–Kier alpha value is -3.88. The van der Waals surface area contributed by atoms with Crippen molar-refractivity contribution >= 4 is 39.4 Å². The average molecular weight is 549 g/mol. The van der Waals surface area contributed by atoms with Gasteiger partial charge in [-0.25, -0.2) is 13.8 Å². The third-order valence-corrected chi connectivity index (χ3v) is 8.18. The van der Waals surface area contributed by atoms with E-state index in [-0.39, 0.29) is 4.90 Å². The molecule has 0 bridgehead atoms. The number of para-hydroxylation sites is 1. The lowest BCUT2D eigenvalue weighted by Crippen LogP contribution is -2.39. The van der Waals surface area contributed by atoms with E-state index in [0.29, 0.717) is 10.7 Å². The largest absolute Gasteiger partial charge is 0.316 e. The first-order valence-corrected chi connectivity index (χ1v) is 13.8. The number of benzene rings is 3. The molecule has 1 heterocycles. The number of hydrogen-bond acceptors (Lipinski definition) is 4. The number of hydrazone groups is 1. The minimum Gasteiger partial charge on any atom is -0.316 e. The van der Waals surface area contributed by atoms with Gasteiger partial charge in [-0.1, -0.05) is 48.0 Å². The van der Waals surface area contributed by atoms with Crippen molar-refractivity contribution in [1.82, 2.24) is 9.99 Å². The van der Waals surface area contributed by atoms with Gasteiger partial charge in [0.05, 0.1) is 27.5 Å². The van der Waals surface area contributed by atoms with Crippen LogP contribution in [0.25, 0.3) is 5.69 Å². The number of halogens is 1. The van der Waals surface area contributed by atoms with Crippen molar-refractivity contribution in [3.8, 4) is 5.69 Å². The maximum Gasteiger partial charge on any atom is 0.264 e. The molecule has 4 aromatic rings. The van der Waals surface area contributed by atoms with Crippen LogP contribution < -0.4 is 9.73 Å². The number of nitrogens with zero attached hydrogens (tertiary/aromatic N) is 3. The number of hydrogen-bond donors (Lipinski definition) is 1. The number of sulfonamides is 1. The standard InChI is InChI=1S/C29H29ClN4O3S/c1-20-14-21(2)16-25(15-20)33(38(36,37)26-10-6-5-7-11-26)19-29(35)32-31-18-24-17-22(3)34(23(24)4)28-13-9-8-12-27(28)30/h5-18H,19H2,1-4H3,(H,32,35)/b31-18-. The van der Waals surface area contributed by atoms with Gasteiger partial charge in [-0.2, -0.15) is 5.10 Å². The van der Waals surface area contributed by atoms with Gasteiger partial charge in [-0.05, 0) is 81.3 Å². The van der Waals surface area contributed by atoms with E-state index < -0.39 is 22.5 Å². The SMILES string of the molecule is Cc1cc(C)cc(N(CC(=O)N/N=C\c2cc(C)n(-c3ccccc3Cl)c2C)S(=O)(=O)c2ccccc2)c1. The molecule has 0 saturated heterocycles. The maximum absolute atomic E-state index is 13.5. The second-order valence-electron chi connectivity index (χ2n) is 9.08. The number of carbonyl (C=O) groups is 1. The minimum atomic E-state index is -4.00. The van der Waals surface area contributed by atoms with E-state index in [4.69, 9.17) is 11.6 Å². The van der Waals surface area contributed by atoms with Gasteiger partial charge in [-0.3, -0.25) is 9.10 Å². The molecule has 196 valence electrons. The van der Waals surface area contributed by atoms with E-state index in [9.17, 15) is 13.2 Å². The zero-order chi connectivity index (χ0) is 27.4. The summed E-state index contributed by atoms with van der Waals surface area (Å²) in [4.78, 5) is 13.0. The van der Waals surface area contributed by atoms with E-state index in [0.717, 1.165) is 38.1 Å². The summed E-state index contributed by atoms with van der Waals surface area (Å²) >= 11 is 6.39. The number of amides is 1. The van der Waals surface area contributed by atoms with Gasteiger partial charge in [0.25, 0.3) is 15.9 Å². The molecule has 3 aromatic carbocycles. The Labute approximate surface area is 228 Å². The van der Waals surface area contributed by atoms with E-state index >= 15 is 0 Å². The molecule has 0 unspecified atom stereocenters. The Bertz CT molecular complexity index is 1590. The van der Waals surface area contributed by atoms with Crippen LogP contribution in [-0.2, 0) is 14.8 Å². The number of carbonyl (C=O) groups excluding carboxylic acids is 1.